The minimum Gasteiger partial charge on any atom is -0.481 e. The van der Waals surface area contributed by atoms with Gasteiger partial charge in [-0.2, -0.15) is 0 Å². The lowest BCUT2D eigenvalue weighted by Crippen LogP contribution is -2.39. The summed E-state index contributed by atoms with van der Waals surface area (Å²) in [7, 11) is 0. The van der Waals surface area contributed by atoms with Crippen molar-refractivity contribution < 1.29 is 14.6 Å². The van der Waals surface area contributed by atoms with E-state index in [2.05, 4.69) is 58.3 Å². The predicted octanol–water partition coefficient (Wildman–Crippen LogP) is 4.84. The highest BCUT2D eigenvalue weighted by Gasteiger charge is 2.24. The smallest absolute Gasteiger partial charge is 0.307 e. The number of hydrogen-bond donors (Lipinski definition) is 1. The lowest BCUT2D eigenvalue weighted by molar-refractivity contribution is -0.143. The Morgan fingerprint density at radius 3 is 2.20 bits per heavy atom. The molecule has 0 saturated carbocycles. The van der Waals surface area contributed by atoms with Crippen molar-refractivity contribution >= 4 is 29.8 Å². The van der Waals surface area contributed by atoms with E-state index in [4.69, 9.17) is 4.74 Å². The Bertz CT molecular complexity index is 690. The van der Waals surface area contributed by atoms with Crippen LogP contribution < -0.4 is 4.90 Å². The summed E-state index contributed by atoms with van der Waals surface area (Å²) in [5.41, 5.74) is 2.38. The molecule has 1 atom stereocenters. The van der Waals surface area contributed by atoms with Crippen LogP contribution in [-0.4, -0.2) is 55.4 Å². The monoisotopic (exact) mass is 432 g/mol. The van der Waals surface area contributed by atoms with Gasteiger partial charge in [0.05, 0.1) is 5.92 Å². The average molecular weight is 433 g/mol. The Kier molecular flexibility index (Phi) is 10.7. The van der Waals surface area contributed by atoms with Gasteiger partial charge in [-0.1, -0.05) is 36.4 Å². The minimum absolute atomic E-state index is 0. The first-order valence-electron chi connectivity index (χ1n) is 10.6. The number of carbonyl (C=O) groups is 1. The highest BCUT2D eigenvalue weighted by Crippen LogP contribution is 2.24. The van der Waals surface area contributed by atoms with Crippen molar-refractivity contribution in [3.8, 4) is 0 Å². The van der Waals surface area contributed by atoms with E-state index >= 15 is 0 Å². The fourth-order valence-corrected chi connectivity index (χ4v) is 3.90. The van der Waals surface area contributed by atoms with Crippen LogP contribution >= 0.6 is 12.4 Å². The Labute approximate surface area is 186 Å². The molecule has 0 aliphatic carbocycles. The van der Waals surface area contributed by atoms with E-state index in [1.54, 1.807) is 0 Å². The van der Waals surface area contributed by atoms with Gasteiger partial charge in [0, 0.05) is 44.2 Å². The van der Waals surface area contributed by atoms with Crippen molar-refractivity contribution in [1.29, 1.82) is 0 Å². The highest BCUT2D eigenvalue weighted by atomic mass is 35.5. The van der Waals surface area contributed by atoms with Crippen LogP contribution in [0.3, 0.4) is 0 Å². The number of piperidine rings is 1. The average Bonchev–Trinajstić information content (AvgIpc) is 2.77. The Morgan fingerprint density at radius 2 is 1.60 bits per heavy atom. The molecule has 2 aromatic carbocycles. The second kappa shape index (κ2) is 13.3. The maximum absolute atomic E-state index is 11.2. The van der Waals surface area contributed by atoms with Crippen molar-refractivity contribution in [3.63, 3.8) is 0 Å². The molecule has 0 radical (unpaired) electrons. The van der Waals surface area contributed by atoms with Crippen molar-refractivity contribution in [2.45, 2.75) is 25.7 Å². The molecule has 0 aromatic heterocycles. The predicted molar refractivity (Wildman–Crippen MR) is 124 cm³/mol. The van der Waals surface area contributed by atoms with Crippen molar-refractivity contribution in [3.05, 3.63) is 60.7 Å². The van der Waals surface area contributed by atoms with E-state index < -0.39 is 5.97 Å². The SMILES string of the molecule is Cl.O=C(O)[C@@H]1CCCN(CCCOCCCN(c2ccccc2)c2ccccc2)C1. The van der Waals surface area contributed by atoms with E-state index in [1.165, 1.54) is 11.4 Å². The van der Waals surface area contributed by atoms with Crippen LogP contribution in [-0.2, 0) is 9.53 Å². The fraction of sp³-hybridized carbons (Fsp3) is 0.458. The third-order valence-electron chi connectivity index (χ3n) is 5.42. The van der Waals surface area contributed by atoms with Crippen molar-refractivity contribution in [2.75, 3.05) is 44.3 Å². The van der Waals surface area contributed by atoms with Gasteiger partial charge >= 0.3 is 5.97 Å². The normalized spacial score (nSPS) is 16.6. The first-order chi connectivity index (χ1) is 14.2. The molecule has 1 aliphatic rings. The van der Waals surface area contributed by atoms with Crippen LogP contribution in [0.1, 0.15) is 25.7 Å². The van der Waals surface area contributed by atoms with Gasteiger partial charge in [0.15, 0.2) is 0 Å². The molecule has 1 N–H and O–H groups in total. The molecule has 1 fully saturated rings. The molecule has 30 heavy (non-hydrogen) atoms. The van der Waals surface area contributed by atoms with Gasteiger partial charge in [-0.25, -0.2) is 0 Å². The largest absolute Gasteiger partial charge is 0.481 e. The molecule has 1 saturated heterocycles. The van der Waals surface area contributed by atoms with Crippen LogP contribution in [0.5, 0.6) is 0 Å². The number of carboxylic acid groups (broad SMARTS) is 1. The summed E-state index contributed by atoms with van der Waals surface area (Å²) in [6.07, 6.45) is 3.69. The highest BCUT2D eigenvalue weighted by molar-refractivity contribution is 5.85. The van der Waals surface area contributed by atoms with Crippen LogP contribution in [0, 0.1) is 5.92 Å². The first-order valence-corrected chi connectivity index (χ1v) is 10.6. The van der Waals surface area contributed by atoms with Crippen LogP contribution in [0.25, 0.3) is 0 Å². The van der Waals surface area contributed by atoms with Crippen LogP contribution in [0.4, 0.5) is 11.4 Å². The van der Waals surface area contributed by atoms with Gasteiger partial charge in [0.1, 0.15) is 0 Å². The number of rotatable bonds is 11. The Balaban J connectivity index is 0.00000320. The number of nitrogens with zero attached hydrogens (tertiary/aromatic N) is 2. The second-order valence-electron chi connectivity index (χ2n) is 7.62. The van der Waals surface area contributed by atoms with E-state index in [0.717, 1.165) is 58.5 Å². The maximum atomic E-state index is 11.2. The first kappa shape index (κ1) is 24.2. The third-order valence-corrected chi connectivity index (χ3v) is 5.42. The van der Waals surface area contributed by atoms with E-state index in [1.807, 2.05) is 12.1 Å². The second-order valence-corrected chi connectivity index (χ2v) is 7.62. The van der Waals surface area contributed by atoms with Crippen LogP contribution in [0.15, 0.2) is 60.7 Å². The number of likely N-dealkylation sites (tertiary alicyclic amines) is 1. The summed E-state index contributed by atoms with van der Waals surface area (Å²) in [6.45, 7) is 4.97. The summed E-state index contributed by atoms with van der Waals surface area (Å²) in [5, 5.41) is 9.18. The lowest BCUT2D eigenvalue weighted by Gasteiger charge is -2.30. The Hall–Kier alpha value is -2.08. The molecule has 5 nitrogen and oxygen atoms in total. The number of aliphatic carboxylic acids is 1. The van der Waals surface area contributed by atoms with Gasteiger partial charge < -0.3 is 19.6 Å². The molecule has 1 aliphatic heterocycles. The zero-order valence-electron chi connectivity index (χ0n) is 17.5. The van der Waals surface area contributed by atoms with Gasteiger partial charge in [-0.05, 0) is 56.5 Å². The molecule has 0 bridgehead atoms. The number of halogens is 1. The standard InChI is InChI=1S/C24H32N2O3.ClH/c27-24(28)21-10-7-15-25(20-21)16-8-18-29-19-9-17-26(22-11-3-1-4-12-22)23-13-5-2-6-14-23;/h1-6,11-14,21H,7-10,15-20H2,(H,27,28);1H/t21-;/m1./s1. The summed E-state index contributed by atoms with van der Waals surface area (Å²) in [4.78, 5) is 15.7. The molecule has 0 unspecified atom stereocenters. The van der Waals surface area contributed by atoms with Gasteiger partial charge in [0.2, 0.25) is 0 Å². The molecular formula is C24H33ClN2O3. The quantitative estimate of drug-likeness (QED) is 0.515. The number of benzene rings is 2. The number of carboxylic acids is 1. The third kappa shape index (κ3) is 7.63. The molecule has 6 heteroatoms. The van der Waals surface area contributed by atoms with E-state index in [9.17, 15) is 9.90 Å². The Morgan fingerprint density at radius 1 is 1.00 bits per heavy atom. The lowest BCUT2D eigenvalue weighted by atomic mass is 9.98. The van der Waals surface area contributed by atoms with E-state index in [-0.39, 0.29) is 18.3 Å². The van der Waals surface area contributed by atoms with Gasteiger partial charge in [0.25, 0.3) is 0 Å². The van der Waals surface area contributed by atoms with Gasteiger partial charge in [-0.15, -0.1) is 12.4 Å². The molecule has 0 amide bonds. The van der Waals surface area contributed by atoms with Crippen molar-refractivity contribution in [2.24, 2.45) is 5.92 Å². The van der Waals surface area contributed by atoms with Gasteiger partial charge in [-0.3, -0.25) is 4.79 Å². The maximum Gasteiger partial charge on any atom is 0.307 e. The number of ether oxygens (including phenoxy) is 1. The summed E-state index contributed by atoms with van der Waals surface area (Å²) < 4.78 is 5.85. The topological polar surface area (TPSA) is 53.0 Å². The van der Waals surface area contributed by atoms with Crippen molar-refractivity contribution in [1.82, 2.24) is 4.90 Å². The fourth-order valence-electron chi connectivity index (χ4n) is 3.90. The van der Waals surface area contributed by atoms with E-state index in [0.29, 0.717) is 6.54 Å². The zero-order valence-corrected chi connectivity index (χ0v) is 18.3. The molecule has 1 heterocycles. The molecule has 2 aromatic rings. The molecule has 0 spiro atoms. The number of para-hydroxylation sites is 2. The molecular weight excluding hydrogens is 400 g/mol. The zero-order chi connectivity index (χ0) is 20.3. The number of hydrogen-bond acceptors (Lipinski definition) is 4. The van der Waals surface area contributed by atoms with Crippen LogP contribution in [0.2, 0.25) is 0 Å². The summed E-state index contributed by atoms with van der Waals surface area (Å²) >= 11 is 0. The number of anilines is 2. The minimum atomic E-state index is -0.660. The molecule has 3 rings (SSSR count). The molecule has 164 valence electrons. The summed E-state index contributed by atoms with van der Waals surface area (Å²) in [5.74, 6) is -0.862. The summed E-state index contributed by atoms with van der Waals surface area (Å²) in [6, 6.07) is 20.9.